The molecule has 0 bridgehead atoms. The maximum Gasteiger partial charge on any atom is 0.435 e. The first kappa shape index (κ1) is 17.5. The Morgan fingerprint density at radius 3 is 2.42 bits per heavy atom. The Labute approximate surface area is 135 Å². The SMILES string of the molecule is COC(=O)[C@@H](NC(=O)c1cn(C)nc1C(F)(F)F)c1ccccc1. The largest absolute Gasteiger partial charge is 0.467 e. The Balaban J connectivity index is 2.34. The van der Waals surface area contributed by atoms with Crippen LogP contribution in [0.2, 0.25) is 0 Å². The minimum absolute atomic E-state index is 0.384. The van der Waals surface area contributed by atoms with Crippen molar-refractivity contribution in [3.8, 4) is 0 Å². The van der Waals surface area contributed by atoms with Crippen LogP contribution in [0.15, 0.2) is 36.5 Å². The number of esters is 1. The molecule has 2 aromatic rings. The summed E-state index contributed by atoms with van der Waals surface area (Å²) in [6.45, 7) is 0. The van der Waals surface area contributed by atoms with Crippen LogP contribution in [0.3, 0.4) is 0 Å². The molecule has 0 aliphatic rings. The zero-order chi connectivity index (χ0) is 17.9. The predicted octanol–water partition coefficient (Wildman–Crippen LogP) is 2.08. The number of carbonyl (C=O) groups is 2. The van der Waals surface area contributed by atoms with Crippen molar-refractivity contribution in [1.29, 1.82) is 0 Å². The van der Waals surface area contributed by atoms with Gasteiger partial charge < -0.3 is 10.1 Å². The molecule has 1 aromatic carbocycles. The van der Waals surface area contributed by atoms with Crippen LogP contribution in [0, 0.1) is 0 Å². The Bertz CT molecular complexity index is 741. The van der Waals surface area contributed by atoms with Crippen LogP contribution < -0.4 is 5.32 Å². The highest BCUT2D eigenvalue weighted by Gasteiger charge is 2.39. The zero-order valence-corrected chi connectivity index (χ0v) is 12.8. The predicted molar refractivity (Wildman–Crippen MR) is 76.9 cm³/mol. The first-order chi connectivity index (χ1) is 11.2. The van der Waals surface area contributed by atoms with Gasteiger partial charge in [0.25, 0.3) is 5.91 Å². The van der Waals surface area contributed by atoms with E-state index in [4.69, 9.17) is 0 Å². The van der Waals surface area contributed by atoms with Gasteiger partial charge in [0.1, 0.15) is 0 Å². The number of alkyl halides is 3. The van der Waals surface area contributed by atoms with Crippen LogP contribution in [0.1, 0.15) is 27.7 Å². The average molecular weight is 341 g/mol. The number of benzene rings is 1. The minimum Gasteiger partial charge on any atom is -0.467 e. The number of amides is 1. The van der Waals surface area contributed by atoms with Crippen LogP contribution in [0.4, 0.5) is 13.2 Å². The van der Waals surface area contributed by atoms with Crippen molar-refractivity contribution in [2.24, 2.45) is 7.05 Å². The fourth-order valence-electron chi connectivity index (χ4n) is 2.11. The highest BCUT2D eigenvalue weighted by atomic mass is 19.4. The first-order valence-electron chi connectivity index (χ1n) is 6.78. The molecule has 0 radical (unpaired) electrons. The number of rotatable bonds is 4. The van der Waals surface area contributed by atoms with E-state index in [0.717, 1.165) is 18.0 Å². The van der Waals surface area contributed by atoms with E-state index < -0.39 is 35.4 Å². The number of ether oxygens (including phenoxy) is 1. The van der Waals surface area contributed by atoms with Gasteiger partial charge in [-0.05, 0) is 5.56 Å². The van der Waals surface area contributed by atoms with Gasteiger partial charge in [-0.15, -0.1) is 0 Å². The third-order valence-corrected chi connectivity index (χ3v) is 3.19. The van der Waals surface area contributed by atoms with Gasteiger partial charge in [0.05, 0.1) is 12.7 Å². The van der Waals surface area contributed by atoms with Gasteiger partial charge in [-0.2, -0.15) is 18.3 Å². The lowest BCUT2D eigenvalue weighted by Gasteiger charge is -2.17. The molecule has 0 aliphatic carbocycles. The molecule has 0 saturated carbocycles. The zero-order valence-electron chi connectivity index (χ0n) is 12.8. The summed E-state index contributed by atoms with van der Waals surface area (Å²) >= 11 is 0. The summed E-state index contributed by atoms with van der Waals surface area (Å²) in [5.74, 6) is -1.87. The van der Waals surface area contributed by atoms with Crippen molar-refractivity contribution in [2.45, 2.75) is 12.2 Å². The maximum atomic E-state index is 13.0. The third kappa shape index (κ3) is 3.73. The summed E-state index contributed by atoms with van der Waals surface area (Å²) in [6.07, 6.45) is -3.85. The van der Waals surface area contributed by atoms with Gasteiger partial charge in [-0.1, -0.05) is 30.3 Å². The quantitative estimate of drug-likeness (QED) is 0.864. The molecule has 1 N–H and O–H groups in total. The van der Waals surface area contributed by atoms with Gasteiger partial charge in [0.2, 0.25) is 0 Å². The lowest BCUT2D eigenvalue weighted by atomic mass is 10.1. The number of halogens is 3. The summed E-state index contributed by atoms with van der Waals surface area (Å²) in [6, 6.07) is 6.82. The summed E-state index contributed by atoms with van der Waals surface area (Å²) in [4.78, 5) is 24.1. The van der Waals surface area contributed by atoms with Crippen molar-refractivity contribution < 1.29 is 27.5 Å². The topological polar surface area (TPSA) is 73.2 Å². The molecule has 9 heteroatoms. The smallest absolute Gasteiger partial charge is 0.435 e. The molecule has 1 heterocycles. The number of aromatic nitrogens is 2. The molecule has 128 valence electrons. The van der Waals surface area contributed by atoms with Crippen LogP contribution in [0.25, 0.3) is 0 Å². The van der Waals surface area contributed by atoms with E-state index in [0.29, 0.717) is 5.56 Å². The Kier molecular flexibility index (Phi) is 4.91. The fraction of sp³-hybridized carbons (Fsp3) is 0.267. The molecule has 0 fully saturated rings. The molecule has 0 saturated heterocycles. The lowest BCUT2D eigenvalue weighted by Crippen LogP contribution is -2.35. The lowest BCUT2D eigenvalue weighted by molar-refractivity contribution is -0.143. The van der Waals surface area contributed by atoms with E-state index in [1.54, 1.807) is 30.3 Å². The number of nitrogens with zero attached hydrogens (tertiary/aromatic N) is 2. The van der Waals surface area contributed by atoms with E-state index in [1.165, 1.54) is 7.05 Å². The van der Waals surface area contributed by atoms with Crippen LogP contribution >= 0.6 is 0 Å². The van der Waals surface area contributed by atoms with Crippen LogP contribution in [-0.4, -0.2) is 28.8 Å². The Hall–Kier alpha value is -2.84. The number of hydrogen-bond acceptors (Lipinski definition) is 4. The van der Waals surface area contributed by atoms with Gasteiger partial charge in [0.15, 0.2) is 11.7 Å². The number of carbonyl (C=O) groups excluding carboxylic acids is 2. The molecule has 0 unspecified atom stereocenters. The number of hydrogen-bond donors (Lipinski definition) is 1. The van der Waals surface area contributed by atoms with Crippen molar-refractivity contribution >= 4 is 11.9 Å². The molecular weight excluding hydrogens is 327 g/mol. The van der Waals surface area contributed by atoms with E-state index >= 15 is 0 Å². The molecule has 0 spiro atoms. The monoisotopic (exact) mass is 341 g/mol. The fourth-order valence-corrected chi connectivity index (χ4v) is 2.11. The standard InChI is InChI=1S/C15H14F3N3O3/c1-21-8-10(12(20-21)15(16,17)18)13(22)19-11(14(23)24-2)9-6-4-3-5-7-9/h3-8,11H,1-2H3,(H,19,22)/t11-/m0/s1. The highest BCUT2D eigenvalue weighted by molar-refractivity contribution is 5.98. The number of nitrogens with one attached hydrogen (secondary N) is 1. The minimum atomic E-state index is -4.79. The van der Waals surface area contributed by atoms with Crippen molar-refractivity contribution in [3.63, 3.8) is 0 Å². The van der Waals surface area contributed by atoms with Crippen LogP contribution in [0.5, 0.6) is 0 Å². The van der Waals surface area contributed by atoms with Crippen LogP contribution in [-0.2, 0) is 22.8 Å². The second-order valence-electron chi connectivity index (χ2n) is 4.90. The molecule has 24 heavy (non-hydrogen) atoms. The molecular formula is C15H14F3N3O3. The Morgan fingerprint density at radius 2 is 1.88 bits per heavy atom. The van der Waals surface area contributed by atoms with Crippen molar-refractivity contribution in [3.05, 3.63) is 53.3 Å². The van der Waals surface area contributed by atoms with Gasteiger partial charge >= 0.3 is 12.1 Å². The van der Waals surface area contributed by atoms with Gasteiger partial charge in [0, 0.05) is 13.2 Å². The highest BCUT2D eigenvalue weighted by Crippen LogP contribution is 2.30. The number of methoxy groups -OCH3 is 1. The average Bonchev–Trinajstić information content (AvgIpc) is 2.95. The van der Waals surface area contributed by atoms with Gasteiger partial charge in [-0.3, -0.25) is 9.48 Å². The van der Waals surface area contributed by atoms with E-state index in [-0.39, 0.29) is 0 Å². The maximum absolute atomic E-state index is 13.0. The normalized spacial score (nSPS) is 12.5. The molecule has 1 amide bonds. The molecule has 0 aliphatic heterocycles. The summed E-state index contributed by atoms with van der Waals surface area (Å²) in [5, 5.41) is 5.52. The van der Waals surface area contributed by atoms with E-state index in [2.05, 4.69) is 15.2 Å². The summed E-state index contributed by atoms with van der Waals surface area (Å²) in [5.41, 5.74) is -1.61. The van der Waals surface area contributed by atoms with Gasteiger partial charge in [-0.25, -0.2) is 4.79 Å². The molecule has 1 atom stereocenters. The number of aryl methyl sites for hydroxylation is 1. The Morgan fingerprint density at radius 1 is 1.25 bits per heavy atom. The second-order valence-corrected chi connectivity index (χ2v) is 4.90. The molecule has 2 rings (SSSR count). The molecule has 6 nitrogen and oxygen atoms in total. The molecule has 1 aromatic heterocycles. The first-order valence-corrected chi connectivity index (χ1v) is 6.78. The van der Waals surface area contributed by atoms with E-state index in [9.17, 15) is 22.8 Å². The van der Waals surface area contributed by atoms with Crippen molar-refractivity contribution in [2.75, 3.05) is 7.11 Å². The van der Waals surface area contributed by atoms with E-state index in [1.807, 2.05) is 0 Å². The second kappa shape index (κ2) is 6.73. The third-order valence-electron chi connectivity index (χ3n) is 3.19. The summed E-state index contributed by atoms with van der Waals surface area (Å²) < 4.78 is 44.4. The van der Waals surface area contributed by atoms with Crippen molar-refractivity contribution in [1.82, 2.24) is 15.1 Å². The summed E-state index contributed by atoms with van der Waals surface area (Å²) in [7, 11) is 2.39.